The molecular formula is C16H12Cl2N4O2S. The number of aromatic hydroxyl groups is 1. The number of methoxy groups -OCH3 is 1. The van der Waals surface area contributed by atoms with Crippen molar-refractivity contribution in [3.05, 3.63) is 56.8 Å². The van der Waals surface area contributed by atoms with Gasteiger partial charge in [0.25, 0.3) is 0 Å². The summed E-state index contributed by atoms with van der Waals surface area (Å²) in [6, 6.07) is 9.93. The van der Waals surface area contributed by atoms with Crippen molar-refractivity contribution < 1.29 is 9.84 Å². The number of nitrogens with zero attached hydrogens (tertiary/aromatic N) is 3. The molecule has 25 heavy (non-hydrogen) atoms. The number of benzene rings is 2. The molecule has 3 aromatic rings. The monoisotopic (exact) mass is 394 g/mol. The highest BCUT2D eigenvalue weighted by atomic mass is 35.5. The molecule has 0 saturated carbocycles. The molecule has 0 fully saturated rings. The lowest BCUT2D eigenvalue weighted by atomic mass is 10.2. The van der Waals surface area contributed by atoms with Gasteiger partial charge in [-0.05, 0) is 54.2 Å². The van der Waals surface area contributed by atoms with Crippen molar-refractivity contribution in [1.29, 1.82) is 0 Å². The van der Waals surface area contributed by atoms with Crippen LogP contribution in [0.25, 0.3) is 11.4 Å². The molecule has 0 aliphatic heterocycles. The van der Waals surface area contributed by atoms with E-state index in [2.05, 4.69) is 15.3 Å². The lowest BCUT2D eigenvalue weighted by Gasteiger charge is -2.05. The Morgan fingerprint density at radius 3 is 2.80 bits per heavy atom. The molecule has 0 aliphatic rings. The van der Waals surface area contributed by atoms with E-state index >= 15 is 0 Å². The van der Waals surface area contributed by atoms with Gasteiger partial charge in [-0.25, -0.2) is 5.10 Å². The predicted octanol–water partition coefficient (Wildman–Crippen LogP) is 4.51. The van der Waals surface area contributed by atoms with Gasteiger partial charge in [0.15, 0.2) is 17.3 Å². The van der Waals surface area contributed by atoms with Crippen LogP contribution in [0.3, 0.4) is 0 Å². The fraction of sp³-hybridized carbons (Fsp3) is 0.0625. The topological polar surface area (TPSA) is 75.4 Å². The summed E-state index contributed by atoms with van der Waals surface area (Å²) in [5.41, 5.74) is 1.35. The smallest absolute Gasteiger partial charge is 0.216 e. The van der Waals surface area contributed by atoms with Crippen LogP contribution in [0.4, 0.5) is 0 Å². The summed E-state index contributed by atoms with van der Waals surface area (Å²) >= 11 is 17.4. The van der Waals surface area contributed by atoms with Crippen molar-refractivity contribution in [2.75, 3.05) is 7.11 Å². The highest BCUT2D eigenvalue weighted by Crippen LogP contribution is 2.29. The Hall–Kier alpha value is -2.35. The fourth-order valence-electron chi connectivity index (χ4n) is 2.14. The zero-order valence-corrected chi connectivity index (χ0v) is 15.2. The van der Waals surface area contributed by atoms with Gasteiger partial charge in [-0.3, -0.25) is 0 Å². The molecule has 2 aromatic carbocycles. The van der Waals surface area contributed by atoms with E-state index in [-0.39, 0.29) is 5.75 Å². The van der Waals surface area contributed by atoms with Gasteiger partial charge in [0, 0.05) is 10.6 Å². The zero-order chi connectivity index (χ0) is 18.0. The molecule has 0 bridgehead atoms. The van der Waals surface area contributed by atoms with Crippen LogP contribution in [-0.4, -0.2) is 33.3 Å². The predicted molar refractivity (Wildman–Crippen MR) is 101 cm³/mol. The summed E-state index contributed by atoms with van der Waals surface area (Å²) in [7, 11) is 1.47. The van der Waals surface area contributed by atoms with Crippen molar-refractivity contribution in [1.82, 2.24) is 14.9 Å². The summed E-state index contributed by atoms with van der Waals surface area (Å²) in [6.45, 7) is 0. The van der Waals surface area contributed by atoms with Crippen molar-refractivity contribution in [2.24, 2.45) is 5.10 Å². The molecule has 0 spiro atoms. The number of aromatic amines is 1. The van der Waals surface area contributed by atoms with Crippen LogP contribution >= 0.6 is 35.4 Å². The number of H-pyrrole nitrogens is 1. The minimum atomic E-state index is 0.0493. The van der Waals surface area contributed by atoms with Gasteiger partial charge in [-0.2, -0.15) is 14.9 Å². The number of ether oxygens (including phenoxy) is 1. The van der Waals surface area contributed by atoms with E-state index in [1.54, 1.807) is 36.5 Å². The maximum absolute atomic E-state index is 9.65. The molecule has 128 valence electrons. The summed E-state index contributed by atoms with van der Waals surface area (Å²) in [5, 5.41) is 21.8. The Morgan fingerprint density at radius 2 is 2.08 bits per heavy atom. The molecule has 0 aliphatic carbocycles. The van der Waals surface area contributed by atoms with Crippen molar-refractivity contribution in [2.45, 2.75) is 0 Å². The molecule has 1 aromatic heterocycles. The summed E-state index contributed by atoms with van der Waals surface area (Å²) in [6.07, 6.45) is 1.57. The molecule has 0 unspecified atom stereocenters. The lowest BCUT2D eigenvalue weighted by molar-refractivity contribution is 0.373. The standard InChI is InChI=1S/C16H12Cl2N4O2S/c1-24-14-6-9(2-5-13(14)23)8-19-22-15(20-21-16(22)25)11-4-3-10(17)7-12(11)18/h2-8,23H,1H3,(H,21,25)/b19-8-. The Bertz CT molecular complexity index is 1010. The van der Waals surface area contributed by atoms with Crippen LogP contribution in [0, 0.1) is 4.77 Å². The highest BCUT2D eigenvalue weighted by molar-refractivity contribution is 7.71. The van der Waals surface area contributed by atoms with Gasteiger partial charge in [-0.15, -0.1) is 0 Å². The average molecular weight is 395 g/mol. The van der Waals surface area contributed by atoms with E-state index in [9.17, 15) is 5.11 Å². The average Bonchev–Trinajstić information content (AvgIpc) is 2.95. The van der Waals surface area contributed by atoms with E-state index in [4.69, 9.17) is 40.2 Å². The number of aromatic nitrogens is 3. The van der Waals surface area contributed by atoms with E-state index in [1.807, 2.05) is 0 Å². The van der Waals surface area contributed by atoms with Gasteiger partial charge >= 0.3 is 0 Å². The zero-order valence-electron chi connectivity index (χ0n) is 12.9. The second-order valence-electron chi connectivity index (χ2n) is 4.96. The number of phenolic OH excluding ortho intramolecular Hbond substituents is 1. The van der Waals surface area contributed by atoms with Gasteiger partial charge in [0.05, 0.1) is 18.3 Å². The summed E-state index contributed by atoms with van der Waals surface area (Å²) < 4.78 is 6.84. The lowest BCUT2D eigenvalue weighted by Crippen LogP contribution is -1.96. The normalized spacial score (nSPS) is 11.2. The van der Waals surface area contributed by atoms with E-state index in [0.717, 1.165) is 0 Å². The number of phenols is 1. The molecule has 9 heteroatoms. The van der Waals surface area contributed by atoms with Gasteiger partial charge in [-0.1, -0.05) is 23.2 Å². The van der Waals surface area contributed by atoms with E-state index in [0.29, 0.717) is 37.5 Å². The Morgan fingerprint density at radius 1 is 1.28 bits per heavy atom. The van der Waals surface area contributed by atoms with Crippen LogP contribution < -0.4 is 4.74 Å². The third-order valence-electron chi connectivity index (χ3n) is 3.35. The Kier molecular flexibility index (Phi) is 5.08. The van der Waals surface area contributed by atoms with Gasteiger partial charge < -0.3 is 9.84 Å². The number of rotatable bonds is 4. The Balaban J connectivity index is 2.01. The minimum absolute atomic E-state index is 0.0493. The van der Waals surface area contributed by atoms with Crippen LogP contribution in [-0.2, 0) is 0 Å². The molecule has 6 nitrogen and oxygen atoms in total. The first-order valence-corrected chi connectivity index (χ1v) is 8.20. The molecule has 0 saturated heterocycles. The van der Waals surface area contributed by atoms with Crippen LogP contribution in [0.5, 0.6) is 11.5 Å². The second kappa shape index (κ2) is 7.26. The highest BCUT2D eigenvalue weighted by Gasteiger charge is 2.12. The molecule has 0 atom stereocenters. The first kappa shape index (κ1) is 17.5. The summed E-state index contributed by atoms with van der Waals surface area (Å²) in [4.78, 5) is 0. The van der Waals surface area contributed by atoms with Crippen LogP contribution in [0.2, 0.25) is 10.0 Å². The maximum Gasteiger partial charge on any atom is 0.216 e. The summed E-state index contributed by atoms with van der Waals surface area (Å²) in [5.74, 6) is 0.850. The second-order valence-corrected chi connectivity index (χ2v) is 6.19. The molecule has 2 N–H and O–H groups in total. The molecule has 0 radical (unpaired) electrons. The quantitative estimate of drug-likeness (QED) is 0.504. The minimum Gasteiger partial charge on any atom is -0.504 e. The maximum atomic E-state index is 9.65. The fourth-order valence-corrected chi connectivity index (χ4v) is 2.82. The molecule has 1 heterocycles. The number of hydrogen-bond acceptors (Lipinski definition) is 5. The number of nitrogens with one attached hydrogen (secondary N) is 1. The third-order valence-corrected chi connectivity index (χ3v) is 4.16. The Labute approximate surface area is 158 Å². The van der Waals surface area contributed by atoms with Crippen LogP contribution in [0.15, 0.2) is 41.5 Å². The largest absolute Gasteiger partial charge is 0.504 e. The first-order chi connectivity index (χ1) is 12.0. The van der Waals surface area contributed by atoms with E-state index < -0.39 is 0 Å². The first-order valence-electron chi connectivity index (χ1n) is 7.04. The van der Waals surface area contributed by atoms with Crippen molar-refractivity contribution in [3.8, 4) is 22.9 Å². The molecular weight excluding hydrogens is 383 g/mol. The SMILES string of the molecule is COc1cc(/C=N\n2c(-c3ccc(Cl)cc3Cl)n[nH]c2=S)ccc1O. The third kappa shape index (κ3) is 3.68. The molecule has 0 amide bonds. The van der Waals surface area contributed by atoms with Gasteiger partial charge in [0.1, 0.15) is 0 Å². The number of hydrogen-bond donors (Lipinski definition) is 2. The molecule has 3 rings (SSSR count). The van der Waals surface area contributed by atoms with Crippen LogP contribution in [0.1, 0.15) is 5.56 Å². The number of halogens is 2. The van der Waals surface area contributed by atoms with Crippen molar-refractivity contribution in [3.63, 3.8) is 0 Å². The van der Waals surface area contributed by atoms with Crippen molar-refractivity contribution >= 4 is 41.6 Å². The van der Waals surface area contributed by atoms with Gasteiger partial charge in [0.2, 0.25) is 4.77 Å². The van der Waals surface area contributed by atoms with E-state index in [1.165, 1.54) is 17.9 Å².